The summed E-state index contributed by atoms with van der Waals surface area (Å²) >= 11 is 1.19. The lowest BCUT2D eigenvalue weighted by Crippen LogP contribution is -2.41. The third kappa shape index (κ3) is 6.43. The zero-order valence-corrected chi connectivity index (χ0v) is 20.4. The highest BCUT2D eigenvalue weighted by atomic mass is 32.1. The highest BCUT2D eigenvalue weighted by molar-refractivity contribution is 7.14. The maximum absolute atomic E-state index is 12.3. The summed E-state index contributed by atoms with van der Waals surface area (Å²) < 4.78 is 22.6. The van der Waals surface area contributed by atoms with Crippen LogP contribution >= 0.6 is 11.3 Å². The number of alkyl carbamates (subject to hydrolysis) is 1. The quantitative estimate of drug-likeness (QED) is 0.453. The number of hydrogen-bond donors (Lipinski definition) is 1. The predicted octanol–water partition coefficient (Wildman–Crippen LogP) is 4.26. The van der Waals surface area contributed by atoms with Crippen LogP contribution in [0.1, 0.15) is 54.9 Å². The average Bonchev–Trinajstić information content (AvgIpc) is 3.32. The van der Waals surface area contributed by atoms with Gasteiger partial charge in [0.05, 0.1) is 24.0 Å². The van der Waals surface area contributed by atoms with E-state index in [0.717, 1.165) is 5.56 Å². The Morgan fingerprint density at radius 1 is 1.12 bits per heavy atom. The minimum Gasteiger partial charge on any atom is -0.462 e. The molecule has 1 fully saturated rings. The maximum atomic E-state index is 12.3. The van der Waals surface area contributed by atoms with E-state index in [2.05, 4.69) is 10.3 Å². The van der Waals surface area contributed by atoms with Crippen molar-refractivity contribution in [3.05, 3.63) is 57.4 Å². The lowest BCUT2D eigenvalue weighted by Gasteiger charge is -2.32. The molecule has 1 N–H and O–H groups in total. The number of nitrogens with zero attached hydrogens (tertiary/aromatic N) is 1. The normalized spacial score (nSPS) is 17.0. The number of nitrogens with one attached hydrogen (secondary N) is 1. The predicted molar refractivity (Wildman–Crippen MR) is 127 cm³/mol. The number of esters is 1. The number of ether oxygens (including phenoxy) is 2. The van der Waals surface area contributed by atoms with Crippen LogP contribution < -0.4 is 5.32 Å². The molecule has 2 heterocycles. The lowest BCUT2D eigenvalue weighted by molar-refractivity contribution is 0.00578. The molecule has 1 aromatic carbocycles. The van der Waals surface area contributed by atoms with Crippen LogP contribution in [0.4, 0.5) is 4.79 Å². The maximum Gasteiger partial charge on any atom is 0.492 e. The minimum absolute atomic E-state index is 0.124. The summed E-state index contributed by atoms with van der Waals surface area (Å²) in [4.78, 5) is 29.0. The molecule has 1 aliphatic heterocycles. The first-order chi connectivity index (χ1) is 15.6. The van der Waals surface area contributed by atoms with E-state index in [4.69, 9.17) is 18.8 Å². The largest absolute Gasteiger partial charge is 0.492 e. The molecule has 8 nitrogen and oxygen atoms in total. The van der Waals surface area contributed by atoms with Crippen LogP contribution in [0.25, 0.3) is 6.08 Å². The van der Waals surface area contributed by atoms with Crippen molar-refractivity contribution in [3.63, 3.8) is 0 Å². The summed E-state index contributed by atoms with van der Waals surface area (Å²) in [7, 11) is -0.695. The van der Waals surface area contributed by atoms with Crippen molar-refractivity contribution in [3.8, 4) is 0 Å². The molecule has 0 atom stereocenters. The second-order valence-electron chi connectivity index (χ2n) is 8.51. The van der Waals surface area contributed by atoms with Crippen LogP contribution in [0.5, 0.6) is 0 Å². The summed E-state index contributed by atoms with van der Waals surface area (Å²) in [5, 5.41) is 3.32. The molecule has 176 valence electrons. The second kappa shape index (κ2) is 10.5. The minimum atomic E-state index is -0.695. The van der Waals surface area contributed by atoms with E-state index in [1.54, 1.807) is 13.0 Å². The number of hydrogen-bond acceptors (Lipinski definition) is 8. The number of amides is 1. The van der Waals surface area contributed by atoms with Gasteiger partial charge in [-0.1, -0.05) is 30.3 Å². The number of carbonyl (C=O) groups excluding carboxylic acids is 2. The van der Waals surface area contributed by atoms with Crippen molar-refractivity contribution in [2.45, 2.75) is 52.4 Å². The molecule has 0 saturated carbocycles. The summed E-state index contributed by atoms with van der Waals surface area (Å²) in [6.07, 6.45) is 2.66. The first-order valence-corrected chi connectivity index (χ1v) is 11.6. The van der Waals surface area contributed by atoms with Crippen LogP contribution in [0.2, 0.25) is 0 Å². The van der Waals surface area contributed by atoms with Crippen molar-refractivity contribution < 1.29 is 28.4 Å². The van der Waals surface area contributed by atoms with Gasteiger partial charge in [-0.2, -0.15) is 0 Å². The molecule has 0 bridgehead atoms. The monoisotopic (exact) mass is 472 g/mol. The molecule has 1 saturated heterocycles. The highest BCUT2D eigenvalue weighted by Gasteiger charge is 2.52. The molecule has 1 aromatic heterocycles. The topological polar surface area (TPSA) is 96.0 Å². The van der Waals surface area contributed by atoms with Gasteiger partial charge in [-0.15, -0.1) is 11.3 Å². The molecule has 0 unspecified atom stereocenters. The number of rotatable bonds is 8. The first kappa shape index (κ1) is 24.9. The number of benzene rings is 1. The zero-order chi connectivity index (χ0) is 24.1. The summed E-state index contributed by atoms with van der Waals surface area (Å²) in [5.41, 5.74) is 0.436. The molecule has 3 rings (SSSR count). The summed E-state index contributed by atoms with van der Waals surface area (Å²) in [6.45, 7) is 10.1. The van der Waals surface area contributed by atoms with Crippen LogP contribution in [-0.4, -0.2) is 48.5 Å². The van der Waals surface area contributed by atoms with Crippen LogP contribution in [-0.2, 0) is 25.4 Å². The fourth-order valence-electron chi connectivity index (χ4n) is 2.95. The van der Waals surface area contributed by atoms with Gasteiger partial charge in [-0.05, 0) is 51.7 Å². The summed E-state index contributed by atoms with van der Waals surface area (Å²) in [6, 6.07) is 9.43. The van der Waals surface area contributed by atoms with E-state index < -0.39 is 30.4 Å². The van der Waals surface area contributed by atoms with Crippen molar-refractivity contribution >= 4 is 36.6 Å². The van der Waals surface area contributed by atoms with Gasteiger partial charge in [0, 0.05) is 6.54 Å². The Kier molecular flexibility index (Phi) is 7.94. The van der Waals surface area contributed by atoms with E-state index >= 15 is 0 Å². The third-order valence-electron chi connectivity index (χ3n) is 5.51. The SMILES string of the molecule is CCOC(=O)c1cnc(C=C(CNC(=O)OCc2ccccc2)B2OC(C)(C)C(C)(C)O2)s1. The molecule has 2 aromatic rings. The number of aromatic nitrogens is 1. The van der Waals surface area contributed by atoms with E-state index in [1.165, 1.54) is 17.5 Å². The molecule has 10 heteroatoms. The molecule has 33 heavy (non-hydrogen) atoms. The van der Waals surface area contributed by atoms with Gasteiger partial charge >= 0.3 is 19.2 Å². The molecule has 0 aliphatic carbocycles. The lowest BCUT2D eigenvalue weighted by atomic mass is 9.77. The van der Waals surface area contributed by atoms with Crippen molar-refractivity contribution in [2.24, 2.45) is 0 Å². The van der Waals surface area contributed by atoms with Crippen LogP contribution in [0.3, 0.4) is 0 Å². The van der Waals surface area contributed by atoms with Crippen LogP contribution in [0, 0.1) is 0 Å². The Balaban J connectivity index is 1.73. The van der Waals surface area contributed by atoms with Crippen molar-refractivity contribution in [1.82, 2.24) is 10.3 Å². The number of carbonyl (C=O) groups is 2. The molecule has 0 radical (unpaired) electrons. The van der Waals surface area contributed by atoms with Crippen molar-refractivity contribution in [1.29, 1.82) is 0 Å². The van der Waals surface area contributed by atoms with Gasteiger partial charge in [0.15, 0.2) is 0 Å². The third-order valence-corrected chi connectivity index (χ3v) is 6.44. The van der Waals surface area contributed by atoms with E-state index in [0.29, 0.717) is 15.4 Å². The standard InChI is InChI=1S/C23H29BN2O6S/c1-6-29-20(27)18-14-25-19(33-18)12-17(24-31-22(2,3)23(4,5)32-24)13-26-21(28)30-15-16-10-8-7-9-11-16/h7-12,14H,6,13,15H2,1-5H3,(H,26,28). The molecular weight excluding hydrogens is 443 g/mol. The van der Waals surface area contributed by atoms with Gasteiger partial charge in [0.25, 0.3) is 0 Å². The highest BCUT2D eigenvalue weighted by Crippen LogP contribution is 2.38. The van der Waals surface area contributed by atoms with Gasteiger partial charge < -0.3 is 24.1 Å². The van der Waals surface area contributed by atoms with E-state index in [-0.39, 0.29) is 19.8 Å². The summed E-state index contributed by atoms with van der Waals surface area (Å²) in [5.74, 6) is -0.422. The molecular formula is C23H29BN2O6S. The Morgan fingerprint density at radius 3 is 2.42 bits per heavy atom. The van der Waals surface area contributed by atoms with Crippen LogP contribution in [0.15, 0.2) is 42.0 Å². The zero-order valence-electron chi connectivity index (χ0n) is 19.5. The molecule has 0 spiro atoms. The van der Waals surface area contributed by atoms with Crippen molar-refractivity contribution in [2.75, 3.05) is 13.2 Å². The molecule has 1 amide bonds. The Morgan fingerprint density at radius 2 is 1.79 bits per heavy atom. The van der Waals surface area contributed by atoms with E-state index in [1.807, 2.05) is 58.0 Å². The first-order valence-electron chi connectivity index (χ1n) is 10.7. The second-order valence-corrected chi connectivity index (χ2v) is 9.57. The Hall–Kier alpha value is -2.69. The van der Waals surface area contributed by atoms with E-state index in [9.17, 15) is 9.59 Å². The van der Waals surface area contributed by atoms with Gasteiger partial charge in [0.1, 0.15) is 16.5 Å². The Bertz CT molecular complexity index is 989. The number of thiazole rings is 1. The Labute approximate surface area is 198 Å². The fraction of sp³-hybridized carbons (Fsp3) is 0.435. The average molecular weight is 472 g/mol. The van der Waals surface area contributed by atoms with Gasteiger partial charge in [-0.3, -0.25) is 0 Å². The molecule has 1 aliphatic rings. The van der Waals surface area contributed by atoms with Gasteiger partial charge in [0.2, 0.25) is 0 Å². The fourth-order valence-corrected chi connectivity index (χ4v) is 3.74. The van der Waals surface area contributed by atoms with Gasteiger partial charge in [-0.25, -0.2) is 14.6 Å². The smallest absolute Gasteiger partial charge is 0.462 e.